The SMILES string of the molecule is CSCCC(C)N(C)c1c(C)cccc1CN. The number of aryl methyl sites for hydroxylation is 1. The van der Waals surface area contributed by atoms with Crippen molar-refractivity contribution in [1.29, 1.82) is 0 Å². The molecule has 2 nitrogen and oxygen atoms in total. The fourth-order valence-corrected chi connectivity index (χ4v) is 2.67. The molecule has 0 aromatic heterocycles. The Labute approximate surface area is 110 Å². The van der Waals surface area contributed by atoms with Gasteiger partial charge in [-0.2, -0.15) is 11.8 Å². The zero-order valence-electron chi connectivity index (χ0n) is 11.4. The van der Waals surface area contributed by atoms with Crippen LogP contribution in [0, 0.1) is 6.92 Å². The molecule has 1 unspecified atom stereocenters. The summed E-state index contributed by atoms with van der Waals surface area (Å²) in [6, 6.07) is 6.92. The largest absolute Gasteiger partial charge is 0.371 e. The van der Waals surface area contributed by atoms with Crippen LogP contribution in [-0.2, 0) is 6.54 Å². The van der Waals surface area contributed by atoms with Crippen molar-refractivity contribution in [1.82, 2.24) is 0 Å². The number of benzene rings is 1. The van der Waals surface area contributed by atoms with E-state index < -0.39 is 0 Å². The summed E-state index contributed by atoms with van der Waals surface area (Å²) >= 11 is 1.91. The monoisotopic (exact) mass is 252 g/mol. The Hall–Kier alpha value is -0.670. The summed E-state index contributed by atoms with van der Waals surface area (Å²) in [6.45, 7) is 5.05. The zero-order valence-corrected chi connectivity index (χ0v) is 12.2. The standard InChI is InChI=1S/C14H24N2S/c1-11-6-5-7-13(10-15)14(11)16(3)12(2)8-9-17-4/h5-7,12H,8-10,15H2,1-4H3. The highest BCUT2D eigenvalue weighted by molar-refractivity contribution is 7.98. The molecule has 0 aliphatic carbocycles. The lowest BCUT2D eigenvalue weighted by Crippen LogP contribution is -2.31. The molecule has 1 aromatic carbocycles. The summed E-state index contributed by atoms with van der Waals surface area (Å²) in [4.78, 5) is 2.37. The molecule has 0 amide bonds. The van der Waals surface area contributed by atoms with Crippen LogP contribution >= 0.6 is 11.8 Å². The maximum atomic E-state index is 5.83. The molecule has 3 heteroatoms. The van der Waals surface area contributed by atoms with Crippen molar-refractivity contribution >= 4 is 17.4 Å². The zero-order chi connectivity index (χ0) is 12.8. The fraction of sp³-hybridized carbons (Fsp3) is 0.571. The van der Waals surface area contributed by atoms with Crippen molar-refractivity contribution < 1.29 is 0 Å². The van der Waals surface area contributed by atoms with Gasteiger partial charge in [-0.1, -0.05) is 18.2 Å². The molecule has 0 saturated heterocycles. The average molecular weight is 252 g/mol. The molecule has 0 bridgehead atoms. The van der Waals surface area contributed by atoms with E-state index >= 15 is 0 Å². The highest BCUT2D eigenvalue weighted by Crippen LogP contribution is 2.26. The van der Waals surface area contributed by atoms with E-state index in [1.807, 2.05) is 11.8 Å². The maximum Gasteiger partial charge on any atom is 0.0441 e. The van der Waals surface area contributed by atoms with E-state index in [2.05, 4.69) is 50.2 Å². The van der Waals surface area contributed by atoms with Gasteiger partial charge in [-0.05, 0) is 43.4 Å². The molecule has 0 aliphatic rings. The Morgan fingerprint density at radius 2 is 2.12 bits per heavy atom. The molecule has 1 rings (SSSR count). The number of anilines is 1. The molecule has 0 heterocycles. The van der Waals surface area contributed by atoms with E-state index in [4.69, 9.17) is 5.73 Å². The Morgan fingerprint density at radius 1 is 1.41 bits per heavy atom. The minimum absolute atomic E-state index is 0.550. The first-order valence-corrected chi connectivity index (χ1v) is 7.51. The van der Waals surface area contributed by atoms with Gasteiger partial charge in [0.05, 0.1) is 0 Å². The lowest BCUT2D eigenvalue weighted by atomic mass is 10.1. The van der Waals surface area contributed by atoms with Crippen LogP contribution in [0.15, 0.2) is 18.2 Å². The third-order valence-electron chi connectivity index (χ3n) is 3.29. The van der Waals surface area contributed by atoms with E-state index in [1.54, 1.807) is 0 Å². The highest BCUT2D eigenvalue weighted by atomic mass is 32.2. The number of hydrogen-bond donors (Lipinski definition) is 1. The smallest absolute Gasteiger partial charge is 0.0441 e. The lowest BCUT2D eigenvalue weighted by Gasteiger charge is -2.30. The fourth-order valence-electron chi connectivity index (χ4n) is 2.09. The van der Waals surface area contributed by atoms with Gasteiger partial charge in [0.15, 0.2) is 0 Å². The maximum absolute atomic E-state index is 5.83. The number of thioether (sulfide) groups is 1. The summed E-state index contributed by atoms with van der Waals surface area (Å²) in [7, 11) is 2.17. The van der Waals surface area contributed by atoms with Crippen molar-refractivity contribution in [3.63, 3.8) is 0 Å². The van der Waals surface area contributed by atoms with Crippen LogP contribution < -0.4 is 10.6 Å². The molecule has 1 atom stereocenters. The molecule has 0 aliphatic heterocycles. The van der Waals surface area contributed by atoms with Gasteiger partial charge in [0.25, 0.3) is 0 Å². The number of nitrogens with two attached hydrogens (primary N) is 1. The van der Waals surface area contributed by atoms with E-state index in [0.717, 1.165) is 0 Å². The lowest BCUT2D eigenvalue weighted by molar-refractivity contribution is 0.665. The van der Waals surface area contributed by atoms with Crippen LogP contribution in [0.5, 0.6) is 0 Å². The molecule has 0 spiro atoms. The topological polar surface area (TPSA) is 29.3 Å². The molecule has 0 saturated carbocycles. The van der Waals surface area contributed by atoms with Gasteiger partial charge in [-0.3, -0.25) is 0 Å². The predicted octanol–water partition coefficient (Wildman–Crippen LogP) is 3.03. The third-order valence-corrected chi connectivity index (χ3v) is 3.94. The molecule has 96 valence electrons. The van der Waals surface area contributed by atoms with Gasteiger partial charge in [0.2, 0.25) is 0 Å². The number of nitrogens with zero attached hydrogens (tertiary/aromatic N) is 1. The molecular formula is C14H24N2S. The van der Waals surface area contributed by atoms with Gasteiger partial charge >= 0.3 is 0 Å². The van der Waals surface area contributed by atoms with E-state index in [9.17, 15) is 0 Å². The Bertz CT molecular complexity index is 352. The van der Waals surface area contributed by atoms with Crippen LogP contribution in [0.25, 0.3) is 0 Å². The number of hydrogen-bond acceptors (Lipinski definition) is 3. The first-order chi connectivity index (χ1) is 8.11. The first-order valence-electron chi connectivity index (χ1n) is 6.12. The Morgan fingerprint density at radius 3 is 2.71 bits per heavy atom. The van der Waals surface area contributed by atoms with Crippen LogP contribution in [0.1, 0.15) is 24.5 Å². The average Bonchev–Trinajstić information content (AvgIpc) is 2.34. The van der Waals surface area contributed by atoms with Crippen LogP contribution in [0.3, 0.4) is 0 Å². The van der Waals surface area contributed by atoms with Crippen LogP contribution in [0.4, 0.5) is 5.69 Å². The molecule has 2 N–H and O–H groups in total. The van der Waals surface area contributed by atoms with Crippen molar-refractivity contribution in [2.24, 2.45) is 5.73 Å². The first kappa shape index (κ1) is 14.4. The highest BCUT2D eigenvalue weighted by Gasteiger charge is 2.14. The molecule has 17 heavy (non-hydrogen) atoms. The number of rotatable bonds is 6. The van der Waals surface area contributed by atoms with Gasteiger partial charge in [-0.25, -0.2) is 0 Å². The van der Waals surface area contributed by atoms with Crippen molar-refractivity contribution in [3.05, 3.63) is 29.3 Å². The third kappa shape index (κ3) is 3.65. The quantitative estimate of drug-likeness (QED) is 0.844. The van der Waals surface area contributed by atoms with E-state index in [0.29, 0.717) is 12.6 Å². The van der Waals surface area contributed by atoms with E-state index in [-0.39, 0.29) is 0 Å². The van der Waals surface area contributed by atoms with Crippen LogP contribution in [0.2, 0.25) is 0 Å². The second-order valence-corrected chi connectivity index (χ2v) is 5.51. The normalized spacial score (nSPS) is 12.5. The summed E-state index contributed by atoms with van der Waals surface area (Å²) in [6.07, 6.45) is 3.36. The second-order valence-electron chi connectivity index (χ2n) is 4.53. The van der Waals surface area contributed by atoms with Crippen molar-refractivity contribution in [2.75, 3.05) is 24.0 Å². The van der Waals surface area contributed by atoms with Gasteiger partial charge in [-0.15, -0.1) is 0 Å². The van der Waals surface area contributed by atoms with Gasteiger partial charge in [0, 0.05) is 25.3 Å². The summed E-state index contributed by atoms with van der Waals surface area (Å²) in [5.74, 6) is 1.20. The van der Waals surface area contributed by atoms with Crippen LogP contribution in [-0.4, -0.2) is 25.1 Å². The molecule has 1 aromatic rings. The summed E-state index contributed by atoms with van der Waals surface area (Å²) in [5, 5.41) is 0. The summed E-state index contributed by atoms with van der Waals surface area (Å²) < 4.78 is 0. The Kier molecular flexibility index (Phi) is 5.86. The Balaban J connectivity index is 2.90. The predicted molar refractivity (Wildman–Crippen MR) is 79.9 cm³/mol. The van der Waals surface area contributed by atoms with Gasteiger partial charge < -0.3 is 10.6 Å². The molecule has 0 fully saturated rings. The van der Waals surface area contributed by atoms with Gasteiger partial charge in [0.1, 0.15) is 0 Å². The summed E-state index contributed by atoms with van der Waals surface area (Å²) in [5.41, 5.74) is 9.69. The van der Waals surface area contributed by atoms with E-state index in [1.165, 1.54) is 29.0 Å². The van der Waals surface area contributed by atoms with Crippen molar-refractivity contribution in [2.45, 2.75) is 32.9 Å². The molecular weight excluding hydrogens is 228 g/mol. The minimum atomic E-state index is 0.550. The molecule has 0 radical (unpaired) electrons. The minimum Gasteiger partial charge on any atom is -0.371 e. The second kappa shape index (κ2) is 6.92. The van der Waals surface area contributed by atoms with Crippen molar-refractivity contribution in [3.8, 4) is 0 Å². The number of para-hydroxylation sites is 1.